The van der Waals surface area contributed by atoms with Crippen LogP contribution in [0, 0.1) is 11.3 Å². The Labute approximate surface area is 99.1 Å². The fourth-order valence-electron chi connectivity index (χ4n) is 1.44. The monoisotopic (exact) mass is 226 g/mol. The van der Waals surface area contributed by atoms with Crippen LogP contribution in [0.2, 0.25) is 0 Å². The fraction of sp³-hybridized carbons (Fsp3) is 0.833. The second-order valence-electron chi connectivity index (χ2n) is 3.81. The predicted octanol–water partition coefficient (Wildman–Crippen LogP) is 3.57. The maximum absolute atomic E-state index is 8.38. The van der Waals surface area contributed by atoms with E-state index in [1.807, 2.05) is 6.07 Å². The molecule has 0 saturated heterocycles. The summed E-state index contributed by atoms with van der Waals surface area (Å²) >= 11 is 4.95. The van der Waals surface area contributed by atoms with Gasteiger partial charge in [-0.25, -0.2) is 0 Å². The Morgan fingerprint density at radius 3 is 2.33 bits per heavy atom. The summed E-state index contributed by atoms with van der Waals surface area (Å²) in [6.07, 6.45) is 9.52. The van der Waals surface area contributed by atoms with E-state index in [0.29, 0.717) is 11.4 Å². The first-order chi connectivity index (χ1) is 7.31. The van der Waals surface area contributed by atoms with Gasteiger partial charge in [0.1, 0.15) is 0 Å². The van der Waals surface area contributed by atoms with Crippen LogP contribution in [0.1, 0.15) is 58.3 Å². The quantitative estimate of drug-likeness (QED) is 0.482. The standard InChI is InChI=1S/C12H22N2S/c1-2-3-4-5-6-7-8-11-14-12(15)9-10-13/h2-9,11H2,1H3,(H,14,15). The minimum absolute atomic E-state index is 0.353. The Hall–Kier alpha value is -0.620. The molecule has 0 bridgehead atoms. The van der Waals surface area contributed by atoms with Crippen molar-refractivity contribution in [3.8, 4) is 6.07 Å². The first-order valence-corrected chi connectivity index (χ1v) is 6.35. The van der Waals surface area contributed by atoms with Crippen molar-refractivity contribution in [2.24, 2.45) is 0 Å². The molecule has 15 heavy (non-hydrogen) atoms. The summed E-state index contributed by atoms with van der Waals surface area (Å²) in [6.45, 7) is 3.16. The molecule has 0 amide bonds. The second-order valence-corrected chi connectivity index (χ2v) is 4.30. The van der Waals surface area contributed by atoms with Crippen LogP contribution in [0.4, 0.5) is 0 Å². The molecule has 0 unspecified atom stereocenters. The first-order valence-electron chi connectivity index (χ1n) is 5.95. The molecule has 0 aromatic rings. The van der Waals surface area contributed by atoms with Crippen LogP contribution in [0.25, 0.3) is 0 Å². The van der Waals surface area contributed by atoms with Crippen LogP contribution in [0.3, 0.4) is 0 Å². The summed E-state index contributed by atoms with van der Waals surface area (Å²) in [5.41, 5.74) is 0. The van der Waals surface area contributed by atoms with Crippen molar-refractivity contribution in [1.29, 1.82) is 5.26 Å². The zero-order valence-electron chi connectivity index (χ0n) is 9.72. The van der Waals surface area contributed by atoms with Gasteiger partial charge >= 0.3 is 0 Å². The first kappa shape index (κ1) is 14.4. The molecule has 0 heterocycles. The lowest BCUT2D eigenvalue weighted by Crippen LogP contribution is -2.21. The van der Waals surface area contributed by atoms with E-state index < -0.39 is 0 Å². The molecule has 0 atom stereocenters. The van der Waals surface area contributed by atoms with E-state index in [-0.39, 0.29) is 0 Å². The average Bonchev–Trinajstić information content (AvgIpc) is 2.22. The summed E-state index contributed by atoms with van der Waals surface area (Å²) in [5.74, 6) is 0. The minimum Gasteiger partial charge on any atom is -0.379 e. The third-order valence-corrected chi connectivity index (χ3v) is 2.63. The third-order valence-electron chi connectivity index (χ3n) is 2.34. The molecule has 0 rings (SSSR count). The number of nitrogens with zero attached hydrogens (tertiary/aromatic N) is 1. The van der Waals surface area contributed by atoms with E-state index >= 15 is 0 Å². The SMILES string of the molecule is CCCCCCCCCNC(=S)CC#N. The van der Waals surface area contributed by atoms with E-state index in [1.165, 1.54) is 38.5 Å². The number of thiocarbonyl (C=S) groups is 1. The van der Waals surface area contributed by atoms with Gasteiger partial charge in [0.2, 0.25) is 0 Å². The molecule has 0 radical (unpaired) electrons. The molecule has 0 fully saturated rings. The lowest BCUT2D eigenvalue weighted by atomic mass is 10.1. The summed E-state index contributed by atoms with van der Waals surface area (Å²) in [7, 11) is 0. The highest BCUT2D eigenvalue weighted by atomic mass is 32.1. The maximum atomic E-state index is 8.38. The Bertz CT molecular complexity index is 196. The highest BCUT2D eigenvalue weighted by molar-refractivity contribution is 7.80. The molecular formula is C12H22N2S. The van der Waals surface area contributed by atoms with Gasteiger partial charge in [-0.1, -0.05) is 57.7 Å². The van der Waals surface area contributed by atoms with Gasteiger partial charge in [0.05, 0.1) is 17.5 Å². The Morgan fingerprint density at radius 1 is 1.13 bits per heavy atom. The Morgan fingerprint density at radius 2 is 1.73 bits per heavy atom. The van der Waals surface area contributed by atoms with Gasteiger partial charge in [-0.2, -0.15) is 5.26 Å². The maximum Gasteiger partial charge on any atom is 0.0896 e. The number of hydrogen-bond acceptors (Lipinski definition) is 2. The Balaban J connectivity index is 3.05. The van der Waals surface area contributed by atoms with Gasteiger partial charge in [-0.15, -0.1) is 0 Å². The molecule has 0 aliphatic carbocycles. The number of nitrogens with one attached hydrogen (secondary N) is 1. The summed E-state index contributed by atoms with van der Waals surface area (Å²) in [6, 6.07) is 2.04. The van der Waals surface area contributed by atoms with Crippen molar-refractivity contribution >= 4 is 17.2 Å². The highest BCUT2D eigenvalue weighted by Gasteiger charge is 1.94. The van der Waals surface area contributed by atoms with Crippen molar-refractivity contribution in [3.63, 3.8) is 0 Å². The van der Waals surface area contributed by atoms with E-state index in [1.54, 1.807) is 0 Å². The van der Waals surface area contributed by atoms with Crippen molar-refractivity contribution in [2.45, 2.75) is 58.3 Å². The number of nitriles is 1. The highest BCUT2D eigenvalue weighted by Crippen LogP contribution is 2.06. The number of hydrogen-bond donors (Lipinski definition) is 1. The smallest absolute Gasteiger partial charge is 0.0896 e. The van der Waals surface area contributed by atoms with Crippen LogP contribution in [0.15, 0.2) is 0 Å². The summed E-state index contributed by atoms with van der Waals surface area (Å²) in [4.78, 5) is 0.684. The molecular weight excluding hydrogens is 204 g/mol. The lowest BCUT2D eigenvalue weighted by Gasteiger charge is -2.04. The third kappa shape index (κ3) is 11.3. The van der Waals surface area contributed by atoms with E-state index in [2.05, 4.69) is 12.2 Å². The molecule has 3 heteroatoms. The van der Waals surface area contributed by atoms with Crippen LogP contribution in [-0.2, 0) is 0 Å². The second kappa shape index (κ2) is 11.5. The normalized spacial score (nSPS) is 9.60. The number of unbranched alkanes of at least 4 members (excludes halogenated alkanes) is 6. The predicted molar refractivity (Wildman–Crippen MR) is 68.8 cm³/mol. The molecule has 2 nitrogen and oxygen atoms in total. The largest absolute Gasteiger partial charge is 0.379 e. The van der Waals surface area contributed by atoms with Crippen LogP contribution >= 0.6 is 12.2 Å². The lowest BCUT2D eigenvalue weighted by molar-refractivity contribution is 0.586. The molecule has 0 aromatic heterocycles. The van der Waals surface area contributed by atoms with Gasteiger partial charge in [-0.05, 0) is 6.42 Å². The van der Waals surface area contributed by atoms with Crippen LogP contribution < -0.4 is 5.32 Å². The molecule has 0 spiro atoms. The van der Waals surface area contributed by atoms with Gasteiger partial charge in [0.15, 0.2) is 0 Å². The molecule has 0 aromatic carbocycles. The van der Waals surface area contributed by atoms with Crippen molar-refractivity contribution in [1.82, 2.24) is 5.32 Å². The zero-order valence-corrected chi connectivity index (χ0v) is 10.5. The van der Waals surface area contributed by atoms with E-state index in [0.717, 1.165) is 13.0 Å². The van der Waals surface area contributed by atoms with Crippen LogP contribution in [0.5, 0.6) is 0 Å². The molecule has 0 saturated carbocycles. The number of rotatable bonds is 9. The zero-order chi connectivity index (χ0) is 11.4. The van der Waals surface area contributed by atoms with Gasteiger partial charge in [0, 0.05) is 6.54 Å². The molecule has 86 valence electrons. The van der Waals surface area contributed by atoms with Gasteiger partial charge < -0.3 is 5.32 Å². The van der Waals surface area contributed by atoms with Crippen molar-refractivity contribution in [3.05, 3.63) is 0 Å². The summed E-state index contributed by atoms with van der Waals surface area (Å²) < 4.78 is 0. The van der Waals surface area contributed by atoms with Crippen molar-refractivity contribution in [2.75, 3.05) is 6.54 Å². The average molecular weight is 226 g/mol. The van der Waals surface area contributed by atoms with Gasteiger partial charge in [0.25, 0.3) is 0 Å². The topological polar surface area (TPSA) is 35.8 Å². The van der Waals surface area contributed by atoms with Crippen molar-refractivity contribution < 1.29 is 0 Å². The fourth-order valence-corrected chi connectivity index (χ4v) is 1.61. The molecule has 1 N–H and O–H groups in total. The minimum atomic E-state index is 0.353. The molecule has 0 aliphatic rings. The van der Waals surface area contributed by atoms with E-state index in [9.17, 15) is 0 Å². The van der Waals surface area contributed by atoms with Crippen LogP contribution in [-0.4, -0.2) is 11.5 Å². The summed E-state index contributed by atoms with van der Waals surface area (Å²) in [5, 5.41) is 11.5. The Kier molecular flexibility index (Phi) is 11.0. The molecule has 0 aliphatic heterocycles. The van der Waals surface area contributed by atoms with E-state index in [4.69, 9.17) is 17.5 Å². The van der Waals surface area contributed by atoms with Gasteiger partial charge in [-0.3, -0.25) is 0 Å².